The van der Waals surface area contributed by atoms with Gasteiger partial charge in [0.25, 0.3) is 0 Å². The molecule has 5 nitrogen and oxygen atoms in total. The zero-order valence-corrected chi connectivity index (χ0v) is 9.82. The van der Waals surface area contributed by atoms with E-state index in [1.165, 1.54) is 18.4 Å². The minimum atomic E-state index is -0.344. The van der Waals surface area contributed by atoms with E-state index in [0.717, 1.165) is 0 Å². The fraction of sp³-hybridized carbons (Fsp3) is 0.583. The van der Waals surface area contributed by atoms with Gasteiger partial charge in [0.2, 0.25) is 5.91 Å². The third-order valence-corrected chi connectivity index (χ3v) is 3.09. The minimum Gasteiger partial charge on any atom is -0.368 e. The molecular formula is C12H19N3O2. The Hall–Kier alpha value is -1.17. The summed E-state index contributed by atoms with van der Waals surface area (Å²) in [5.41, 5.74) is 9.55. The smallest absolute Gasteiger partial charge is 0.238 e. The Morgan fingerprint density at radius 2 is 2.47 bits per heavy atom. The Labute approximate surface area is 101 Å². The predicted molar refractivity (Wildman–Crippen MR) is 64.9 cm³/mol. The molecule has 0 aromatic heterocycles. The molecule has 0 spiro atoms. The topological polar surface area (TPSA) is 76.4 Å². The maximum atomic E-state index is 11.2. The van der Waals surface area contributed by atoms with Crippen LogP contribution in [0.5, 0.6) is 0 Å². The summed E-state index contributed by atoms with van der Waals surface area (Å²) in [5.74, 6) is 0.261. The van der Waals surface area contributed by atoms with Crippen molar-refractivity contribution in [3.05, 3.63) is 24.3 Å². The van der Waals surface area contributed by atoms with Crippen molar-refractivity contribution in [1.29, 1.82) is 0 Å². The highest BCUT2D eigenvalue weighted by molar-refractivity contribution is 5.82. The molecule has 0 bridgehead atoms. The van der Waals surface area contributed by atoms with Crippen LogP contribution in [0.25, 0.3) is 0 Å². The van der Waals surface area contributed by atoms with Crippen LogP contribution in [0.1, 0.15) is 12.8 Å². The predicted octanol–water partition coefficient (Wildman–Crippen LogP) is -0.144. The summed E-state index contributed by atoms with van der Waals surface area (Å²) in [5, 5.41) is 3.09. The van der Waals surface area contributed by atoms with Crippen molar-refractivity contribution in [3.63, 3.8) is 0 Å². The molecule has 0 aromatic carbocycles. The molecule has 17 heavy (non-hydrogen) atoms. The molecular weight excluding hydrogens is 218 g/mol. The van der Waals surface area contributed by atoms with Gasteiger partial charge < -0.3 is 11.1 Å². The van der Waals surface area contributed by atoms with Crippen molar-refractivity contribution >= 4 is 5.91 Å². The number of nitrogens with one attached hydrogen (secondary N) is 2. The third kappa shape index (κ3) is 3.15. The van der Waals surface area contributed by atoms with Gasteiger partial charge >= 0.3 is 0 Å². The van der Waals surface area contributed by atoms with Crippen molar-refractivity contribution in [1.82, 2.24) is 10.8 Å². The number of hydrogen-bond donors (Lipinski definition) is 3. The quantitative estimate of drug-likeness (QED) is 0.341. The Morgan fingerprint density at radius 1 is 1.71 bits per heavy atom. The van der Waals surface area contributed by atoms with E-state index < -0.39 is 0 Å². The second-order valence-electron chi connectivity index (χ2n) is 4.50. The monoisotopic (exact) mass is 237 g/mol. The largest absolute Gasteiger partial charge is 0.368 e. The van der Waals surface area contributed by atoms with Crippen LogP contribution in [0.3, 0.4) is 0 Å². The van der Waals surface area contributed by atoms with Crippen molar-refractivity contribution in [2.24, 2.45) is 11.7 Å². The molecule has 94 valence electrons. The molecule has 5 heteroatoms. The SMILES string of the molecule is C=CCONC1CNC(C(N)=O)C=C1C1CC1. The van der Waals surface area contributed by atoms with Crippen molar-refractivity contribution < 1.29 is 9.63 Å². The molecule has 1 aliphatic heterocycles. The molecule has 2 aliphatic rings. The van der Waals surface area contributed by atoms with E-state index >= 15 is 0 Å². The minimum absolute atomic E-state index is 0.123. The summed E-state index contributed by atoms with van der Waals surface area (Å²) < 4.78 is 0. The van der Waals surface area contributed by atoms with Gasteiger partial charge in [-0.3, -0.25) is 9.63 Å². The van der Waals surface area contributed by atoms with Gasteiger partial charge in [-0.05, 0) is 24.3 Å². The molecule has 0 aromatic rings. The van der Waals surface area contributed by atoms with Crippen LogP contribution in [0.15, 0.2) is 24.3 Å². The lowest BCUT2D eigenvalue weighted by Crippen LogP contribution is -2.52. The molecule has 0 radical (unpaired) electrons. The average Bonchev–Trinajstić information content (AvgIpc) is 3.13. The van der Waals surface area contributed by atoms with E-state index in [-0.39, 0.29) is 18.0 Å². The Kier molecular flexibility index (Phi) is 3.93. The number of carbonyl (C=O) groups excluding carboxylic acids is 1. The first kappa shape index (κ1) is 12.3. The van der Waals surface area contributed by atoms with Gasteiger partial charge in [0, 0.05) is 6.54 Å². The number of carbonyl (C=O) groups is 1. The fourth-order valence-electron chi connectivity index (χ4n) is 2.07. The number of hydroxylamine groups is 1. The van der Waals surface area contributed by atoms with Gasteiger partial charge in [-0.25, -0.2) is 0 Å². The number of hydrogen-bond acceptors (Lipinski definition) is 4. The second kappa shape index (κ2) is 5.44. The molecule has 0 saturated heterocycles. The Balaban J connectivity index is 1.99. The summed E-state index contributed by atoms with van der Waals surface area (Å²) in [6.07, 6.45) is 6.02. The lowest BCUT2D eigenvalue weighted by Gasteiger charge is -2.29. The van der Waals surface area contributed by atoms with E-state index in [1.807, 2.05) is 6.08 Å². The molecule has 2 rings (SSSR count). The number of nitrogens with two attached hydrogens (primary N) is 1. The number of amides is 1. The van der Waals surface area contributed by atoms with Crippen LogP contribution in [0.2, 0.25) is 0 Å². The summed E-state index contributed by atoms with van der Waals surface area (Å²) in [6.45, 7) is 4.71. The molecule has 1 fully saturated rings. The van der Waals surface area contributed by atoms with Crippen LogP contribution < -0.4 is 16.5 Å². The van der Waals surface area contributed by atoms with E-state index in [0.29, 0.717) is 19.1 Å². The summed E-state index contributed by atoms with van der Waals surface area (Å²) in [7, 11) is 0. The zero-order valence-electron chi connectivity index (χ0n) is 9.82. The normalized spacial score (nSPS) is 28.6. The molecule has 1 saturated carbocycles. The molecule has 1 heterocycles. The second-order valence-corrected chi connectivity index (χ2v) is 4.50. The Morgan fingerprint density at radius 3 is 3.06 bits per heavy atom. The van der Waals surface area contributed by atoms with E-state index in [1.54, 1.807) is 6.08 Å². The van der Waals surface area contributed by atoms with Crippen LogP contribution in [0, 0.1) is 5.92 Å². The van der Waals surface area contributed by atoms with Gasteiger partial charge in [0.1, 0.15) is 6.04 Å². The number of rotatable bonds is 6. The highest BCUT2D eigenvalue weighted by Crippen LogP contribution is 2.39. The highest BCUT2D eigenvalue weighted by atomic mass is 16.6. The van der Waals surface area contributed by atoms with Gasteiger partial charge in [0.15, 0.2) is 0 Å². The van der Waals surface area contributed by atoms with Gasteiger partial charge in [-0.15, -0.1) is 6.58 Å². The molecule has 1 aliphatic carbocycles. The van der Waals surface area contributed by atoms with Crippen molar-refractivity contribution in [2.75, 3.05) is 13.2 Å². The van der Waals surface area contributed by atoms with E-state index in [9.17, 15) is 4.79 Å². The van der Waals surface area contributed by atoms with Gasteiger partial charge in [-0.1, -0.05) is 12.2 Å². The average molecular weight is 237 g/mol. The number of primary amides is 1. The lowest BCUT2D eigenvalue weighted by molar-refractivity contribution is -0.119. The molecule has 4 N–H and O–H groups in total. The van der Waals surface area contributed by atoms with Gasteiger partial charge in [-0.2, -0.15) is 5.48 Å². The van der Waals surface area contributed by atoms with E-state index in [2.05, 4.69) is 17.4 Å². The zero-order chi connectivity index (χ0) is 12.3. The summed E-state index contributed by atoms with van der Waals surface area (Å²) >= 11 is 0. The van der Waals surface area contributed by atoms with Crippen LogP contribution >= 0.6 is 0 Å². The lowest BCUT2D eigenvalue weighted by atomic mass is 9.96. The first-order valence-electron chi connectivity index (χ1n) is 5.95. The Bertz CT molecular complexity index is 337. The van der Waals surface area contributed by atoms with Crippen molar-refractivity contribution in [2.45, 2.75) is 24.9 Å². The highest BCUT2D eigenvalue weighted by Gasteiger charge is 2.35. The van der Waals surface area contributed by atoms with Crippen LogP contribution in [-0.2, 0) is 9.63 Å². The maximum absolute atomic E-state index is 11.2. The molecule has 1 amide bonds. The first-order valence-corrected chi connectivity index (χ1v) is 5.95. The maximum Gasteiger partial charge on any atom is 0.238 e. The third-order valence-electron chi connectivity index (χ3n) is 3.09. The van der Waals surface area contributed by atoms with Crippen LogP contribution in [0.4, 0.5) is 0 Å². The van der Waals surface area contributed by atoms with E-state index in [4.69, 9.17) is 10.6 Å². The van der Waals surface area contributed by atoms with Gasteiger partial charge in [0.05, 0.1) is 12.6 Å². The van der Waals surface area contributed by atoms with Crippen LogP contribution in [-0.4, -0.2) is 31.1 Å². The molecule has 2 unspecified atom stereocenters. The summed E-state index contributed by atoms with van der Waals surface area (Å²) in [4.78, 5) is 16.4. The first-order chi connectivity index (χ1) is 8.22. The molecule has 2 atom stereocenters. The standard InChI is InChI=1S/C12H19N3O2/c1-2-5-17-15-11-7-14-10(12(13)16)6-9(11)8-3-4-8/h2,6,8,10-11,14-15H,1,3-5,7H2,(H2,13,16). The van der Waals surface area contributed by atoms with Crippen molar-refractivity contribution in [3.8, 4) is 0 Å². The summed E-state index contributed by atoms with van der Waals surface area (Å²) in [6, 6.07) is -0.221. The fourth-order valence-corrected chi connectivity index (χ4v) is 2.07.